The molecule has 2 aliphatic heterocycles. The van der Waals surface area contributed by atoms with Crippen molar-refractivity contribution in [2.24, 2.45) is 21.8 Å². The Labute approximate surface area is 263 Å². The smallest absolute Gasteiger partial charge is 0.144 e. The zero-order valence-corrected chi connectivity index (χ0v) is 25.9. The van der Waals surface area contributed by atoms with Gasteiger partial charge in [0.1, 0.15) is 6.17 Å². The van der Waals surface area contributed by atoms with Gasteiger partial charge in [-0.15, -0.1) is 0 Å². The largest absolute Gasteiger partial charge is 0.360 e. The topological polar surface area (TPSA) is 36.8 Å². The molecule has 44 heavy (non-hydrogen) atoms. The molecule has 1 N–H and O–H groups in total. The van der Waals surface area contributed by atoms with Crippen LogP contribution in [0.2, 0.25) is 0 Å². The molecule has 0 fully saturated rings. The van der Waals surface area contributed by atoms with Crippen LogP contribution in [-0.4, -0.2) is 17.5 Å². The lowest BCUT2D eigenvalue weighted by Gasteiger charge is -2.32. The van der Waals surface area contributed by atoms with Crippen molar-refractivity contribution in [1.82, 2.24) is 5.32 Å². The van der Waals surface area contributed by atoms with Crippen LogP contribution in [-0.2, 0) is 0 Å². The second-order valence-corrected chi connectivity index (χ2v) is 12.8. The van der Waals surface area contributed by atoms with Gasteiger partial charge in [-0.1, -0.05) is 109 Å². The zero-order valence-electron chi connectivity index (χ0n) is 25.9. The number of aliphatic imine (C=N–C) groups is 2. The van der Waals surface area contributed by atoms with Gasteiger partial charge in [-0.25, -0.2) is 0 Å². The van der Waals surface area contributed by atoms with Gasteiger partial charge in [-0.05, 0) is 98.5 Å². The Morgan fingerprint density at radius 1 is 0.659 bits per heavy atom. The fraction of sp³-hybridized carbons (Fsp3) is 0.366. The second-order valence-electron chi connectivity index (χ2n) is 12.8. The van der Waals surface area contributed by atoms with Crippen molar-refractivity contribution >= 4 is 11.4 Å². The van der Waals surface area contributed by atoms with Crippen molar-refractivity contribution < 1.29 is 0 Å². The molecule has 0 bridgehead atoms. The van der Waals surface area contributed by atoms with E-state index in [1.165, 1.54) is 45.0 Å². The van der Waals surface area contributed by atoms with Crippen LogP contribution in [0.4, 0.5) is 0 Å². The lowest BCUT2D eigenvalue weighted by molar-refractivity contribution is 0.549. The summed E-state index contributed by atoms with van der Waals surface area (Å²) in [6.45, 7) is 0. The third-order valence-corrected chi connectivity index (χ3v) is 9.91. The molecule has 0 saturated heterocycles. The van der Waals surface area contributed by atoms with Gasteiger partial charge in [-0.2, -0.15) is 0 Å². The fourth-order valence-corrected chi connectivity index (χ4v) is 7.46. The summed E-state index contributed by atoms with van der Waals surface area (Å²) in [5, 5.41) is 3.85. The van der Waals surface area contributed by atoms with Gasteiger partial charge >= 0.3 is 0 Å². The summed E-state index contributed by atoms with van der Waals surface area (Å²) < 4.78 is 0. The molecule has 4 atom stereocenters. The van der Waals surface area contributed by atoms with E-state index in [4.69, 9.17) is 9.98 Å². The summed E-state index contributed by atoms with van der Waals surface area (Å²) >= 11 is 0. The molecule has 4 aliphatic carbocycles. The monoisotopic (exact) mass is 579 g/mol. The summed E-state index contributed by atoms with van der Waals surface area (Å²) in [4.78, 5) is 10.9. The van der Waals surface area contributed by atoms with E-state index >= 15 is 0 Å². The molecule has 1 aromatic carbocycles. The predicted octanol–water partition coefficient (Wildman–Crippen LogP) is 9.94. The Morgan fingerprint density at radius 3 is 2.09 bits per heavy atom. The standard InChI is InChI=1S/C41H45N3/c1-5-14-31(15-6-1)37-22-13-23-38(44-41(43-37)35-20-11-4-12-21-35)33-26-24-30(25-27-33)36-28-29-39(32-16-7-2-8-17-32)42-40(36)34-18-9-3-10-19-34/h1-5,7,9,11-12,14,16,18,20-22,24,26,28,30,33,39,41,43H,6,8,10,13,15,17,19,23,25,27,29H2/b37-22-,44-38?. The van der Waals surface area contributed by atoms with Gasteiger partial charge in [0.05, 0.1) is 11.8 Å². The van der Waals surface area contributed by atoms with Crippen LogP contribution in [0.15, 0.2) is 147 Å². The highest BCUT2D eigenvalue weighted by atomic mass is 15.1. The first-order chi connectivity index (χ1) is 21.8. The molecule has 224 valence electrons. The Morgan fingerprint density at radius 2 is 1.39 bits per heavy atom. The maximum Gasteiger partial charge on any atom is 0.144 e. The first kappa shape index (κ1) is 28.8. The average Bonchev–Trinajstić information content (AvgIpc) is 3.10. The van der Waals surface area contributed by atoms with Crippen molar-refractivity contribution in [2.45, 2.75) is 82.8 Å². The molecule has 3 nitrogen and oxygen atoms in total. The van der Waals surface area contributed by atoms with E-state index in [0.29, 0.717) is 11.8 Å². The zero-order chi connectivity index (χ0) is 29.6. The minimum Gasteiger partial charge on any atom is -0.360 e. The van der Waals surface area contributed by atoms with Crippen molar-refractivity contribution in [2.75, 3.05) is 0 Å². The number of allylic oxidation sites excluding steroid dienone is 15. The lowest BCUT2D eigenvalue weighted by atomic mass is 9.76. The highest BCUT2D eigenvalue weighted by Gasteiger charge is 2.30. The van der Waals surface area contributed by atoms with E-state index in [0.717, 1.165) is 70.6 Å². The molecular weight excluding hydrogens is 534 g/mol. The summed E-state index contributed by atoms with van der Waals surface area (Å²) in [5.74, 6) is 0.812. The maximum absolute atomic E-state index is 5.47. The van der Waals surface area contributed by atoms with Crippen LogP contribution >= 0.6 is 0 Å². The van der Waals surface area contributed by atoms with Gasteiger partial charge in [-0.3, -0.25) is 9.98 Å². The molecule has 0 saturated carbocycles. The molecule has 2 heterocycles. The van der Waals surface area contributed by atoms with Crippen molar-refractivity contribution in [1.29, 1.82) is 0 Å². The van der Waals surface area contributed by atoms with Crippen LogP contribution in [0, 0.1) is 11.8 Å². The van der Waals surface area contributed by atoms with Crippen molar-refractivity contribution in [3.8, 4) is 0 Å². The highest BCUT2D eigenvalue weighted by Crippen LogP contribution is 2.37. The van der Waals surface area contributed by atoms with Crippen LogP contribution in [0.3, 0.4) is 0 Å². The molecule has 0 radical (unpaired) electrons. The number of rotatable bonds is 6. The van der Waals surface area contributed by atoms with Gasteiger partial charge < -0.3 is 5.32 Å². The molecular formula is C41H45N3. The number of nitrogens with one attached hydrogen (secondary N) is 1. The van der Waals surface area contributed by atoms with Crippen LogP contribution in [0.1, 0.15) is 82.4 Å². The third-order valence-electron chi connectivity index (χ3n) is 9.91. The van der Waals surface area contributed by atoms with Gasteiger partial charge in [0.2, 0.25) is 0 Å². The van der Waals surface area contributed by atoms with Gasteiger partial charge in [0.15, 0.2) is 0 Å². The minimum atomic E-state index is -0.0670. The SMILES string of the molecule is C1=CCCC(C2=NC(C3=CC=CCC3)CC=C2C2C=CC(C3=NC(c4ccccc4)N/C(C4=CC=CCC4)=C\CC3)CC2)=C1. The number of nitrogens with zero attached hydrogens (tertiary/aromatic N) is 2. The summed E-state index contributed by atoms with van der Waals surface area (Å²) in [6.07, 6.45) is 42.2. The second kappa shape index (κ2) is 13.8. The molecule has 4 unspecified atom stereocenters. The van der Waals surface area contributed by atoms with E-state index in [-0.39, 0.29) is 12.2 Å². The third kappa shape index (κ3) is 6.58. The molecule has 6 aliphatic rings. The predicted molar refractivity (Wildman–Crippen MR) is 186 cm³/mol. The van der Waals surface area contributed by atoms with Crippen molar-refractivity contribution in [3.05, 3.63) is 143 Å². The quantitative estimate of drug-likeness (QED) is 0.335. The molecule has 7 rings (SSSR count). The molecule has 3 heteroatoms. The summed E-state index contributed by atoms with van der Waals surface area (Å²) in [7, 11) is 0. The number of dihydropyridines is 1. The van der Waals surface area contributed by atoms with Crippen LogP contribution in [0.5, 0.6) is 0 Å². The average molecular weight is 580 g/mol. The van der Waals surface area contributed by atoms with Crippen LogP contribution < -0.4 is 5.32 Å². The fourth-order valence-electron chi connectivity index (χ4n) is 7.46. The normalized spacial score (nSPS) is 29.9. The van der Waals surface area contributed by atoms with E-state index in [1.807, 2.05) is 0 Å². The first-order valence-electron chi connectivity index (χ1n) is 16.9. The van der Waals surface area contributed by atoms with Gasteiger partial charge in [0.25, 0.3) is 0 Å². The molecule has 1 aromatic rings. The Bertz CT molecular complexity index is 1570. The maximum atomic E-state index is 5.47. The van der Waals surface area contributed by atoms with Gasteiger partial charge in [0, 0.05) is 23.2 Å². The Hall–Kier alpha value is -3.98. The molecule has 0 amide bonds. The highest BCUT2D eigenvalue weighted by molar-refractivity contribution is 6.13. The van der Waals surface area contributed by atoms with E-state index in [1.54, 1.807) is 0 Å². The lowest BCUT2D eigenvalue weighted by Crippen LogP contribution is -2.28. The summed E-state index contributed by atoms with van der Waals surface area (Å²) in [5.41, 5.74) is 10.8. The van der Waals surface area contributed by atoms with E-state index < -0.39 is 0 Å². The molecule has 0 spiro atoms. The first-order valence-corrected chi connectivity index (χ1v) is 16.9. The number of hydrogen-bond donors (Lipinski definition) is 1. The summed E-state index contributed by atoms with van der Waals surface area (Å²) in [6, 6.07) is 11.0. The number of hydrogen-bond acceptors (Lipinski definition) is 3. The minimum absolute atomic E-state index is 0.0670. The number of benzene rings is 1. The molecule has 0 aromatic heterocycles. The van der Waals surface area contributed by atoms with E-state index in [9.17, 15) is 0 Å². The van der Waals surface area contributed by atoms with Crippen LogP contribution in [0.25, 0.3) is 0 Å². The Balaban J connectivity index is 1.12. The van der Waals surface area contributed by atoms with E-state index in [2.05, 4.69) is 115 Å². The van der Waals surface area contributed by atoms with Crippen molar-refractivity contribution in [3.63, 3.8) is 0 Å². The Kier molecular flexibility index (Phi) is 9.00.